The van der Waals surface area contributed by atoms with E-state index in [4.69, 9.17) is 4.74 Å². The van der Waals surface area contributed by atoms with Crippen molar-refractivity contribution in [2.45, 2.75) is 91.5 Å². The van der Waals surface area contributed by atoms with Crippen LogP contribution < -0.4 is 15.8 Å². The Morgan fingerprint density at radius 1 is 1.12 bits per heavy atom. The molecule has 41 heavy (non-hydrogen) atoms. The van der Waals surface area contributed by atoms with Crippen LogP contribution in [-0.2, 0) is 24.8 Å². The van der Waals surface area contributed by atoms with Crippen molar-refractivity contribution in [1.29, 1.82) is 0 Å². The van der Waals surface area contributed by atoms with E-state index in [1.807, 2.05) is 43.9 Å². The van der Waals surface area contributed by atoms with Gasteiger partial charge in [0, 0.05) is 74.1 Å². The Morgan fingerprint density at radius 2 is 1.85 bits per heavy atom. The van der Waals surface area contributed by atoms with Gasteiger partial charge in [0.25, 0.3) is 11.5 Å². The molecule has 1 saturated carbocycles. The largest absolute Gasteiger partial charge is 0.376 e. The summed E-state index contributed by atoms with van der Waals surface area (Å²) >= 11 is 0. The number of ether oxygens (including phenoxy) is 1. The normalized spacial score (nSPS) is 19.9. The second-order valence-electron chi connectivity index (χ2n) is 11.7. The minimum atomic E-state index is -0.160. The first-order valence-corrected chi connectivity index (χ1v) is 15.3. The third-order valence-electron chi connectivity index (χ3n) is 9.18. The zero-order chi connectivity index (χ0) is 29.3. The van der Waals surface area contributed by atoms with Gasteiger partial charge in [0.15, 0.2) is 0 Å². The second kappa shape index (κ2) is 12.4. The van der Waals surface area contributed by atoms with E-state index >= 15 is 0 Å². The quantitative estimate of drug-likeness (QED) is 0.384. The Balaban J connectivity index is 1.40. The van der Waals surface area contributed by atoms with Crippen LogP contribution in [0.4, 0.5) is 5.69 Å². The molecule has 1 aromatic carbocycles. The number of aromatic amines is 1. The summed E-state index contributed by atoms with van der Waals surface area (Å²) in [5, 5.41) is 8.74. The lowest BCUT2D eigenvalue weighted by Crippen LogP contribution is -2.57. The number of hydrogen-bond acceptors (Lipinski definition) is 6. The number of nitrogens with one attached hydrogen (secondary N) is 2. The minimum absolute atomic E-state index is 0.152. The minimum Gasteiger partial charge on any atom is -0.376 e. The summed E-state index contributed by atoms with van der Waals surface area (Å²) in [5.41, 5.74) is 5.92. The SMILES string of the molecule is CCOC1CN(C2CCC(N(CC)c3c(CC)c(C(=O)NCc4c(C)cc(C)[nH]c4=O)cc4c3cnn4C)CC2)C1. The van der Waals surface area contributed by atoms with Gasteiger partial charge >= 0.3 is 0 Å². The van der Waals surface area contributed by atoms with Gasteiger partial charge in [0.2, 0.25) is 0 Å². The number of pyridine rings is 1. The van der Waals surface area contributed by atoms with Gasteiger partial charge in [-0.15, -0.1) is 0 Å². The molecule has 9 heteroatoms. The second-order valence-corrected chi connectivity index (χ2v) is 11.7. The maximum absolute atomic E-state index is 13.7. The number of hydrogen-bond donors (Lipinski definition) is 2. The Hall–Kier alpha value is -3.17. The fourth-order valence-corrected chi connectivity index (χ4v) is 7.01. The molecule has 1 aliphatic heterocycles. The molecule has 0 bridgehead atoms. The summed E-state index contributed by atoms with van der Waals surface area (Å²) in [7, 11) is 1.93. The van der Waals surface area contributed by atoms with E-state index in [1.54, 1.807) is 0 Å². The number of amides is 1. The van der Waals surface area contributed by atoms with Crippen molar-refractivity contribution in [3.8, 4) is 0 Å². The number of aryl methyl sites for hydroxylation is 3. The van der Waals surface area contributed by atoms with E-state index in [2.05, 4.69) is 46.0 Å². The highest BCUT2D eigenvalue weighted by Crippen LogP contribution is 2.39. The lowest BCUT2D eigenvalue weighted by Gasteiger charge is -2.47. The molecule has 1 amide bonds. The number of benzene rings is 1. The first-order chi connectivity index (χ1) is 19.7. The smallest absolute Gasteiger partial charge is 0.253 e. The van der Waals surface area contributed by atoms with Crippen LogP contribution in [-0.4, -0.2) is 70.0 Å². The van der Waals surface area contributed by atoms with Crippen molar-refractivity contribution in [2.24, 2.45) is 7.05 Å². The predicted molar refractivity (Wildman–Crippen MR) is 164 cm³/mol. The van der Waals surface area contributed by atoms with Crippen LogP contribution in [0, 0.1) is 13.8 Å². The fourth-order valence-electron chi connectivity index (χ4n) is 7.01. The molecule has 9 nitrogen and oxygen atoms in total. The van der Waals surface area contributed by atoms with Crippen LogP contribution in [0.1, 0.15) is 79.2 Å². The number of aromatic nitrogens is 3. The highest BCUT2D eigenvalue weighted by Gasteiger charge is 2.36. The number of rotatable bonds is 10. The third kappa shape index (κ3) is 5.79. The Labute approximate surface area is 243 Å². The summed E-state index contributed by atoms with van der Waals surface area (Å²) in [6.07, 6.45) is 7.70. The molecule has 5 rings (SSSR count). The van der Waals surface area contributed by atoms with Crippen molar-refractivity contribution in [2.75, 3.05) is 31.1 Å². The molecular formula is C32H46N6O3. The molecule has 0 atom stereocenters. The van der Waals surface area contributed by atoms with Gasteiger partial charge in [-0.3, -0.25) is 19.2 Å². The molecule has 3 aromatic rings. The number of carbonyl (C=O) groups excluding carboxylic acids is 1. The third-order valence-corrected chi connectivity index (χ3v) is 9.18. The van der Waals surface area contributed by atoms with E-state index in [9.17, 15) is 9.59 Å². The topological polar surface area (TPSA) is 95.5 Å². The molecule has 2 N–H and O–H groups in total. The summed E-state index contributed by atoms with van der Waals surface area (Å²) in [5.74, 6) is -0.160. The van der Waals surface area contributed by atoms with Gasteiger partial charge in [-0.05, 0) is 83.1 Å². The molecule has 2 aliphatic rings. The lowest BCUT2D eigenvalue weighted by molar-refractivity contribution is -0.0738. The number of likely N-dealkylation sites (tertiary alicyclic amines) is 1. The van der Waals surface area contributed by atoms with Gasteiger partial charge in [0.1, 0.15) is 0 Å². The number of fused-ring (bicyclic) bond motifs is 1. The monoisotopic (exact) mass is 562 g/mol. The van der Waals surface area contributed by atoms with E-state index in [0.717, 1.165) is 78.9 Å². The van der Waals surface area contributed by atoms with E-state index in [-0.39, 0.29) is 18.0 Å². The van der Waals surface area contributed by atoms with Crippen LogP contribution in [0.2, 0.25) is 0 Å². The standard InChI is InChI=1S/C32H46N6O3/c1-7-25-26(31(39)33-16-27-20(4)14-21(5)35-32(27)40)15-29-28(17-34-36(29)6)30(25)38(8-2)23-12-10-22(11-13-23)37-18-24(19-37)41-9-3/h14-15,17,22-24H,7-13,16,18-19H2,1-6H3,(H,33,39)(H,35,40). The highest BCUT2D eigenvalue weighted by molar-refractivity contribution is 6.05. The van der Waals surface area contributed by atoms with Crippen LogP contribution in [0.3, 0.4) is 0 Å². The molecule has 2 fully saturated rings. The maximum atomic E-state index is 13.7. The first kappa shape index (κ1) is 29.3. The summed E-state index contributed by atoms with van der Waals surface area (Å²) in [6.45, 7) is 14.1. The summed E-state index contributed by atoms with van der Waals surface area (Å²) < 4.78 is 7.64. The van der Waals surface area contributed by atoms with Gasteiger partial charge in [-0.1, -0.05) is 6.92 Å². The Bertz CT molecular complexity index is 1450. The number of carbonyl (C=O) groups is 1. The summed E-state index contributed by atoms with van der Waals surface area (Å²) in [6, 6.07) is 4.96. The average molecular weight is 563 g/mol. The zero-order valence-electron chi connectivity index (χ0n) is 25.5. The van der Waals surface area contributed by atoms with Crippen molar-refractivity contribution < 1.29 is 9.53 Å². The molecule has 0 spiro atoms. The van der Waals surface area contributed by atoms with Crippen molar-refractivity contribution >= 4 is 22.5 Å². The number of H-pyrrole nitrogens is 1. The average Bonchev–Trinajstić information content (AvgIpc) is 3.30. The van der Waals surface area contributed by atoms with E-state index in [1.165, 1.54) is 12.8 Å². The first-order valence-electron chi connectivity index (χ1n) is 15.3. The Morgan fingerprint density at radius 3 is 2.49 bits per heavy atom. The molecule has 3 heterocycles. The predicted octanol–water partition coefficient (Wildman–Crippen LogP) is 4.23. The zero-order valence-corrected chi connectivity index (χ0v) is 25.5. The lowest BCUT2D eigenvalue weighted by atomic mass is 9.86. The molecule has 0 radical (unpaired) electrons. The van der Waals surface area contributed by atoms with Crippen molar-refractivity contribution in [1.82, 2.24) is 25.0 Å². The molecular weight excluding hydrogens is 516 g/mol. The molecule has 2 aromatic heterocycles. The number of nitrogens with zero attached hydrogens (tertiary/aromatic N) is 4. The van der Waals surface area contributed by atoms with Crippen LogP contribution in [0.15, 0.2) is 23.1 Å². The summed E-state index contributed by atoms with van der Waals surface area (Å²) in [4.78, 5) is 34.3. The molecule has 0 unspecified atom stereocenters. The number of anilines is 1. The highest BCUT2D eigenvalue weighted by atomic mass is 16.5. The molecule has 222 valence electrons. The fraction of sp³-hybridized carbons (Fsp3) is 0.594. The molecule has 1 saturated heterocycles. The van der Waals surface area contributed by atoms with Gasteiger partial charge in [-0.2, -0.15) is 5.10 Å². The van der Waals surface area contributed by atoms with Crippen LogP contribution >= 0.6 is 0 Å². The van der Waals surface area contributed by atoms with E-state index in [0.29, 0.717) is 29.3 Å². The van der Waals surface area contributed by atoms with E-state index < -0.39 is 0 Å². The van der Waals surface area contributed by atoms with Crippen molar-refractivity contribution in [3.05, 3.63) is 56.6 Å². The Kier molecular flexibility index (Phi) is 8.85. The van der Waals surface area contributed by atoms with Gasteiger partial charge < -0.3 is 19.9 Å². The van der Waals surface area contributed by atoms with Crippen LogP contribution in [0.25, 0.3) is 10.9 Å². The van der Waals surface area contributed by atoms with Crippen molar-refractivity contribution in [3.63, 3.8) is 0 Å². The molecule has 1 aliphatic carbocycles. The van der Waals surface area contributed by atoms with Gasteiger partial charge in [0.05, 0.1) is 23.5 Å². The van der Waals surface area contributed by atoms with Gasteiger partial charge in [-0.25, -0.2) is 0 Å². The maximum Gasteiger partial charge on any atom is 0.253 e. The van der Waals surface area contributed by atoms with Crippen LogP contribution in [0.5, 0.6) is 0 Å².